The Labute approximate surface area is 150 Å². The molecule has 0 aliphatic heterocycles. The van der Waals surface area contributed by atoms with Crippen LogP contribution in [0.25, 0.3) is 0 Å². The second-order valence-corrected chi connectivity index (χ2v) is 9.08. The van der Waals surface area contributed by atoms with Crippen LogP contribution in [0.2, 0.25) is 0 Å². The Bertz CT molecular complexity index is 320. The Balaban J connectivity index is 0. The molecular formula is C20H43NO3. The van der Waals surface area contributed by atoms with E-state index < -0.39 is 11.0 Å². The highest BCUT2D eigenvalue weighted by atomic mass is 16.5. The van der Waals surface area contributed by atoms with E-state index in [1.165, 1.54) is 6.42 Å². The van der Waals surface area contributed by atoms with E-state index >= 15 is 0 Å². The first-order valence-electron chi connectivity index (χ1n) is 9.29. The van der Waals surface area contributed by atoms with Crippen LogP contribution in [0.15, 0.2) is 0 Å². The van der Waals surface area contributed by atoms with Gasteiger partial charge in [-0.15, -0.1) is 0 Å². The number of hydrogen-bond acceptors (Lipinski definition) is 3. The summed E-state index contributed by atoms with van der Waals surface area (Å²) in [5, 5.41) is 12.6. The summed E-state index contributed by atoms with van der Waals surface area (Å²) in [6.07, 6.45) is 2.03. The second kappa shape index (κ2) is 11.9. The Hall–Kier alpha value is -0.610. The Morgan fingerprint density at radius 1 is 1.00 bits per heavy atom. The van der Waals surface area contributed by atoms with Crippen molar-refractivity contribution in [3.8, 4) is 0 Å². The van der Waals surface area contributed by atoms with E-state index in [1.807, 2.05) is 13.8 Å². The first-order chi connectivity index (χ1) is 10.7. The number of ether oxygens (including phenoxy) is 1. The van der Waals surface area contributed by atoms with Crippen molar-refractivity contribution in [3.05, 3.63) is 0 Å². The van der Waals surface area contributed by atoms with Crippen LogP contribution in [0.1, 0.15) is 82.1 Å². The van der Waals surface area contributed by atoms with E-state index in [-0.39, 0.29) is 5.91 Å². The molecule has 0 aromatic rings. The van der Waals surface area contributed by atoms with Crippen LogP contribution in [0.3, 0.4) is 0 Å². The van der Waals surface area contributed by atoms with E-state index in [1.54, 1.807) is 13.8 Å². The maximum absolute atomic E-state index is 11.8. The normalized spacial score (nSPS) is 12.4. The molecule has 0 bridgehead atoms. The quantitative estimate of drug-likeness (QED) is 0.651. The van der Waals surface area contributed by atoms with Gasteiger partial charge in [0.25, 0.3) is 0 Å². The average Bonchev–Trinajstić information content (AvgIpc) is 2.32. The fourth-order valence-electron chi connectivity index (χ4n) is 2.24. The van der Waals surface area contributed by atoms with Crippen molar-refractivity contribution in [2.45, 2.75) is 93.8 Å². The predicted octanol–water partition coefficient (Wildman–Crippen LogP) is 4.40. The van der Waals surface area contributed by atoms with Crippen molar-refractivity contribution in [3.63, 3.8) is 0 Å². The van der Waals surface area contributed by atoms with Crippen LogP contribution in [-0.2, 0) is 9.53 Å². The zero-order chi connectivity index (χ0) is 19.6. The smallest absolute Gasteiger partial charge is 0.225 e. The monoisotopic (exact) mass is 345 g/mol. The van der Waals surface area contributed by atoms with E-state index in [0.29, 0.717) is 25.0 Å². The second-order valence-electron chi connectivity index (χ2n) is 9.08. The topological polar surface area (TPSA) is 58.6 Å². The van der Waals surface area contributed by atoms with Gasteiger partial charge in [0.05, 0.1) is 11.7 Å². The third kappa shape index (κ3) is 17.7. The summed E-state index contributed by atoms with van der Waals surface area (Å²) in [7, 11) is 0. The predicted molar refractivity (Wildman–Crippen MR) is 103 cm³/mol. The van der Waals surface area contributed by atoms with Gasteiger partial charge in [-0.3, -0.25) is 4.79 Å². The maximum atomic E-state index is 11.8. The minimum atomic E-state index is -0.807. The van der Waals surface area contributed by atoms with Gasteiger partial charge in [-0.1, -0.05) is 41.5 Å². The number of nitrogens with one attached hydrogen (secondary N) is 1. The molecule has 0 aliphatic carbocycles. The number of amides is 1. The van der Waals surface area contributed by atoms with Crippen molar-refractivity contribution in [1.82, 2.24) is 5.32 Å². The lowest BCUT2D eigenvalue weighted by molar-refractivity contribution is -0.132. The van der Waals surface area contributed by atoms with Gasteiger partial charge in [-0.2, -0.15) is 0 Å². The molecule has 0 radical (unpaired) electrons. The molecule has 0 unspecified atom stereocenters. The highest BCUT2D eigenvalue weighted by Crippen LogP contribution is 2.27. The van der Waals surface area contributed by atoms with Crippen molar-refractivity contribution in [2.24, 2.45) is 17.3 Å². The molecule has 0 fully saturated rings. The zero-order valence-electron chi connectivity index (χ0n) is 17.8. The van der Waals surface area contributed by atoms with Crippen LogP contribution in [-0.4, -0.2) is 35.9 Å². The van der Waals surface area contributed by atoms with Gasteiger partial charge in [0.2, 0.25) is 5.91 Å². The molecule has 1 amide bonds. The van der Waals surface area contributed by atoms with Gasteiger partial charge in [0.15, 0.2) is 0 Å². The third-order valence-electron chi connectivity index (χ3n) is 3.31. The van der Waals surface area contributed by atoms with Gasteiger partial charge in [0.1, 0.15) is 0 Å². The van der Waals surface area contributed by atoms with Gasteiger partial charge in [0, 0.05) is 18.6 Å². The Morgan fingerprint density at radius 2 is 1.50 bits per heavy atom. The number of carbonyl (C=O) groups is 1. The van der Waals surface area contributed by atoms with Crippen LogP contribution >= 0.6 is 0 Å². The molecule has 2 N–H and O–H groups in total. The van der Waals surface area contributed by atoms with E-state index in [0.717, 1.165) is 12.5 Å². The fraction of sp³-hybridized carbons (Fsp3) is 0.950. The minimum Gasteiger partial charge on any atom is -0.390 e. The molecule has 0 aliphatic rings. The largest absolute Gasteiger partial charge is 0.390 e. The van der Waals surface area contributed by atoms with E-state index in [4.69, 9.17) is 4.74 Å². The lowest BCUT2D eigenvalue weighted by Crippen LogP contribution is -2.42. The lowest BCUT2D eigenvalue weighted by Gasteiger charge is -2.30. The van der Waals surface area contributed by atoms with E-state index in [9.17, 15) is 9.90 Å². The third-order valence-corrected chi connectivity index (χ3v) is 3.31. The van der Waals surface area contributed by atoms with Crippen LogP contribution < -0.4 is 5.32 Å². The molecule has 4 heteroatoms. The van der Waals surface area contributed by atoms with Crippen LogP contribution in [0.5, 0.6) is 0 Å². The van der Waals surface area contributed by atoms with Crippen LogP contribution in [0, 0.1) is 17.3 Å². The summed E-state index contributed by atoms with van der Waals surface area (Å²) < 4.78 is 5.35. The molecule has 0 atom stereocenters. The molecular weight excluding hydrogens is 302 g/mol. The molecule has 0 aromatic heterocycles. The summed E-state index contributed by atoms with van der Waals surface area (Å²) in [4.78, 5) is 11.8. The maximum Gasteiger partial charge on any atom is 0.225 e. The van der Waals surface area contributed by atoms with Crippen LogP contribution in [0.4, 0.5) is 0 Å². The summed E-state index contributed by atoms with van der Waals surface area (Å²) in [5.74, 6) is 1.23. The highest BCUT2D eigenvalue weighted by Gasteiger charge is 2.33. The van der Waals surface area contributed by atoms with Gasteiger partial charge >= 0.3 is 0 Å². The summed E-state index contributed by atoms with van der Waals surface area (Å²) in [6, 6.07) is 0. The molecule has 0 heterocycles. The molecule has 0 saturated carbocycles. The number of carbonyl (C=O) groups excluding carboxylic acids is 1. The lowest BCUT2D eigenvalue weighted by atomic mass is 9.81. The first-order valence-corrected chi connectivity index (χ1v) is 9.29. The van der Waals surface area contributed by atoms with Crippen molar-refractivity contribution in [2.75, 3.05) is 13.2 Å². The summed E-state index contributed by atoms with van der Waals surface area (Å²) >= 11 is 0. The first kappa shape index (κ1) is 25.6. The van der Waals surface area contributed by atoms with E-state index in [2.05, 4.69) is 46.9 Å². The standard InChI is InChI=1S/C12H25NO2.C8H18O/c1-9(2)7-13-10(14)11(3,4)8-12(5,6)15;1-7(2)5-6-9-8(3)4/h9,15H,7-8H2,1-6H3,(H,13,14);7-8H,5-6H2,1-4H3. The molecule has 24 heavy (non-hydrogen) atoms. The Morgan fingerprint density at radius 3 is 1.83 bits per heavy atom. The van der Waals surface area contributed by atoms with Crippen molar-refractivity contribution < 1.29 is 14.6 Å². The molecule has 146 valence electrons. The molecule has 0 saturated heterocycles. The molecule has 0 rings (SSSR count). The SMILES string of the molecule is CC(C)CCOC(C)C.CC(C)CNC(=O)C(C)(C)CC(C)(C)O. The van der Waals surface area contributed by atoms with Gasteiger partial charge < -0.3 is 15.2 Å². The molecule has 0 aromatic carbocycles. The number of hydrogen-bond donors (Lipinski definition) is 2. The molecule has 0 spiro atoms. The van der Waals surface area contributed by atoms with Gasteiger partial charge in [-0.05, 0) is 52.4 Å². The van der Waals surface area contributed by atoms with Crippen molar-refractivity contribution >= 4 is 5.91 Å². The minimum absolute atomic E-state index is 0.0123. The number of rotatable bonds is 9. The van der Waals surface area contributed by atoms with Gasteiger partial charge in [-0.25, -0.2) is 0 Å². The molecule has 4 nitrogen and oxygen atoms in total. The fourth-order valence-corrected chi connectivity index (χ4v) is 2.24. The summed E-state index contributed by atoms with van der Waals surface area (Å²) in [6.45, 7) is 21.5. The summed E-state index contributed by atoms with van der Waals surface area (Å²) in [5.41, 5.74) is -1.33. The number of aliphatic hydroxyl groups is 1. The Kier molecular flexibility index (Phi) is 12.7. The zero-order valence-corrected chi connectivity index (χ0v) is 17.8. The van der Waals surface area contributed by atoms with Crippen molar-refractivity contribution in [1.29, 1.82) is 0 Å². The highest BCUT2D eigenvalue weighted by molar-refractivity contribution is 5.81. The average molecular weight is 346 g/mol.